The maximum Gasteiger partial charge on any atom is 0.328 e. The van der Waals surface area contributed by atoms with Crippen LogP contribution in [0, 0.1) is 0 Å². The third-order valence-corrected chi connectivity index (χ3v) is 3.04. The first-order valence-corrected chi connectivity index (χ1v) is 7.02. The second kappa shape index (κ2) is 7.94. The van der Waals surface area contributed by atoms with Gasteiger partial charge in [-0.05, 0) is 38.0 Å². The van der Waals surface area contributed by atoms with Crippen molar-refractivity contribution in [3.05, 3.63) is 34.3 Å². The SMILES string of the molecule is CCOC(=O)C(C)NC(=O)CCc1cccc(Br)c1. The fourth-order valence-electron chi connectivity index (χ4n) is 1.59. The van der Waals surface area contributed by atoms with Crippen LogP contribution in [0.25, 0.3) is 0 Å². The van der Waals surface area contributed by atoms with Gasteiger partial charge in [-0.25, -0.2) is 4.79 Å². The maximum atomic E-state index is 11.7. The molecule has 0 aliphatic heterocycles. The molecule has 1 atom stereocenters. The zero-order chi connectivity index (χ0) is 14.3. The highest BCUT2D eigenvalue weighted by molar-refractivity contribution is 9.10. The largest absolute Gasteiger partial charge is 0.464 e. The van der Waals surface area contributed by atoms with Gasteiger partial charge in [-0.2, -0.15) is 0 Å². The molecule has 4 nitrogen and oxygen atoms in total. The smallest absolute Gasteiger partial charge is 0.328 e. The van der Waals surface area contributed by atoms with Crippen molar-refractivity contribution in [2.45, 2.75) is 32.7 Å². The van der Waals surface area contributed by atoms with Crippen LogP contribution < -0.4 is 5.32 Å². The van der Waals surface area contributed by atoms with Gasteiger partial charge in [0.1, 0.15) is 6.04 Å². The van der Waals surface area contributed by atoms with Crippen molar-refractivity contribution >= 4 is 27.8 Å². The molecule has 1 unspecified atom stereocenters. The van der Waals surface area contributed by atoms with Crippen LogP contribution >= 0.6 is 15.9 Å². The van der Waals surface area contributed by atoms with Crippen LogP contribution in [-0.4, -0.2) is 24.5 Å². The van der Waals surface area contributed by atoms with E-state index >= 15 is 0 Å². The Morgan fingerprint density at radius 1 is 1.42 bits per heavy atom. The molecule has 1 rings (SSSR count). The van der Waals surface area contributed by atoms with Crippen LogP contribution in [0.4, 0.5) is 0 Å². The lowest BCUT2D eigenvalue weighted by Gasteiger charge is -2.12. The minimum absolute atomic E-state index is 0.152. The van der Waals surface area contributed by atoms with Gasteiger partial charge in [-0.15, -0.1) is 0 Å². The molecule has 1 aromatic rings. The Labute approximate surface area is 121 Å². The highest BCUT2D eigenvalue weighted by Crippen LogP contribution is 2.12. The number of carbonyl (C=O) groups excluding carboxylic acids is 2. The molecule has 19 heavy (non-hydrogen) atoms. The molecule has 0 radical (unpaired) electrons. The molecule has 5 heteroatoms. The number of halogens is 1. The number of benzene rings is 1. The van der Waals surface area contributed by atoms with E-state index in [1.54, 1.807) is 13.8 Å². The topological polar surface area (TPSA) is 55.4 Å². The molecule has 1 aromatic carbocycles. The molecule has 0 aliphatic rings. The summed E-state index contributed by atoms with van der Waals surface area (Å²) in [6.45, 7) is 3.67. The lowest BCUT2D eigenvalue weighted by Crippen LogP contribution is -2.39. The number of hydrogen-bond acceptors (Lipinski definition) is 3. The number of esters is 1. The number of amides is 1. The Morgan fingerprint density at radius 2 is 2.16 bits per heavy atom. The number of rotatable bonds is 6. The first-order chi connectivity index (χ1) is 9.02. The van der Waals surface area contributed by atoms with Gasteiger partial charge in [-0.3, -0.25) is 4.79 Å². The molecule has 0 heterocycles. The van der Waals surface area contributed by atoms with E-state index in [9.17, 15) is 9.59 Å². The molecular weight excluding hydrogens is 310 g/mol. The molecule has 0 aliphatic carbocycles. The number of carbonyl (C=O) groups is 2. The minimum Gasteiger partial charge on any atom is -0.464 e. The molecule has 0 spiro atoms. The Balaban J connectivity index is 2.37. The number of nitrogens with one attached hydrogen (secondary N) is 1. The van der Waals surface area contributed by atoms with Crippen molar-refractivity contribution in [2.24, 2.45) is 0 Å². The molecule has 0 saturated carbocycles. The summed E-state index contributed by atoms with van der Waals surface area (Å²) in [6.07, 6.45) is 0.987. The van der Waals surface area contributed by atoms with Gasteiger partial charge in [0.05, 0.1) is 6.61 Å². The van der Waals surface area contributed by atoms with Crippen molar-refractivity contribution in [1.29, 1.82) is 0 Å². The van der Waals surface area contributed by atoms with E-state index < -0.39 is 12.0 Å². The van der Waals surface area contributed by atoms with Crippen LogP contribution in [-0.2, 0) is 20.7 Å². The van der Waals surface area contributed by atoms with Gasteiger partial charge in [-0.1, -0.05) is 28.1 Å². The predicted molar refractivity (Wildman–Crippen MR) is 76.7 cm³/mol. The van der Waals surface area contributed by atoms with Crippen LogP contribution in [0.2, 0.25) is 0 Å². The summed E-state index contributed by atoms with van der Waals surface area (Å²) in [6, 6.07) is 7.20. The van der Waals surface area contributed by atoms with E-state index in [1.807, 2.05) is 24.3 Å². The van der Waals surface area contributed by atoms with Crippen LogP contribution in [0.1, 0.15) is 25.8 Å². The van der Waals surface area contributed by atoms with Crippen molar-refractivity contribution in [2.75, 3.05) is 6.61 Å². The Morgan fingerprint density at radius 3 is 2.79 bits per heavy atom. The molecule has 0 aromatic heterocycles. The molecule has 0 saturated heterocycles. The van der Waals surface area contributed by atoms with Gasteiger partial charge in [0, 0.05) is 10.9 Å². The Kier molecular flexibility index (Phi) is 6.56. The Hall–Kier alpha value is -1.36. The molecule has 0 fully saturated rings. The third-order valence-electron chi connectivity index (χ3n) is 2.55. The lowest BCUT2D eigenvalue weighted by molar-refractivity contribution is -0.146. The normalized spacial score (nSPS) is 11.7. The zero-order valence-electron chi connectivity index (χ0n) is 11.1. The van der Waals surface area contributed by atoms with E-state index in [0.717, 1.165) is 10.0 Å². The second-order valence-electron chi connectivity index (χ2n) is 4.17. The predicted octanol–water partition coefficient (Wildman–Crippen LogP) is 2.45. The summed E-state index contributed by atoms with van der Waals surface area (Å²) in [5.74, 6) is -0.557. The average molecular weight is 328 g/mol. The summed E-state index contributed by atoms with van der Waals surface area (Å²) >= 11 is 3.38. The number of hydrogen-bond donors (Lipinski definition) is 1. The summed E-state index contributed by atoms with van der Waals surface area (Å²) in [7, 11) is 0. The highest BCUT2D eigenvalue weighted by Gasteiger charge is 2.16. The van der Waals surface area contributed by atoms with Crippen molar-refractivity contribution < 1.29 is 14.3 Å². The van der Waals surface area contributed by atoms with Crippen LogP contribution in [0.3, 0.4) is 0 Å². The van der Waals surface area contributed by atoms with E-state index in [0.29, 0.717) is 19.4 Å². The van der Waals surface area contributed by atoms with E-state index in [1.165, 1.54) is 0 Å². The monoisotopic (exact) mass is 327 g/mol. The first kappa shape index (κ1) is 15.7. The average Bonchev–Trinajstić information content (AvgIpc) is 2.36. The summed E-state index contributed by atoms with van der Waals surface area (Å²) < 4.78 is 5.81. The first-order valence-electron chi connectivity index (χ1n) is 6.23. The molecule has 1 N–H and O–H groups in total. The van der Waals surface area contributed by atoms with Gasteiger partial charge >= 0.3 is 5.97 Å². The fourth-order valence-corrected chi connectivity index (χ4v) is 2.04. The standard InChI is InChI=1S/C14H18BrNO3/c1-3-19-14(18)10(2)16-13(17)8-7-11-5-4-6-12(15)9-11/h4-6,9-10H,3,7-8H2,1-2H3,(H,16,17). The summed E-state index contributed by atoms with van der Waals surface area (Å²) in [5.41, 5.74) is 1.08. The molecule has 104 valence electrons. The number of aryl methyl sites for hydroxylation is 1. The fraction of sp³-hybridized carbons (Fsp3) is 0.429. The summed E-state index contributed by atoms with van der Waals surface area (Å²) in [5, 5.41) is 2.62. The lowest BCUT2D eigenvalue weighted by atomic mass is 10.1. The molecule has 0 bridgehead atoms. The second-order valence-corrected chi connectivity index (χ2v) is 5.09. The van der Waals surface area contributed by atoms with Gasteiger partial charge in [0.15, 0.2) is 0 Å². The van der Waals surface area contributed by atoms with Crippen LogP contribution in [0.5, 0.6) is 0 Å². The quantitative estimate of drug-likeness (QED) is 0.816. The summed E-state index contributed by atoms with van der Waals surface area (Å²) in [4.78, 5) is 23.0. The van der Waals surface area contributed by atoms with E-state index in [-0.39, 0.29) is 5.91 Å². The number of ether oxygens (including phenoxy) is 1. The molecular formula is C14H18BrNO3. The minimum atomic E-state index is -0.602. The van der Waals surface area contributed by atoms with Crippen molar-refractivity contribution in [3.63, 3.8) is 0 Å². The highest BCUT2D eigenvalue weighted by atomic mass is 79.9. The van der Waals surface area contributed by atoms with Crippen molar-refractivity contribution in [3.8, 4) is 0 Å². The Bertz CT molecular complexity index is 448. The van der Waals surface area contributed by atoms with E-state index in [2.05, 4.69) is 21.2 Å². The van der Waals surface area contributed by atoms with Gasteiger partial charge in [0.2, 0.25) is 5.91 Å². The molecule has 1 amide bonds. The zero-order valence-corrected chi connectivity index (χ0v) is 12.7. The van der Waals surface area contributed by atoms with Crippen LogP contribution in [0.15, 0.2) is 28.7 Å². The van der Waals surface area contributed by atoms with Crippen molar-refractivity contribution in [1.82, 2.24) is 5.32 Å². The maximum absolute atomic E-state index is 11.7. The third kappa shape index (κ3) is 5.87. The van der Waals surface area contributed by atoms with Gasteiger partial charge < -0.3 is 10.1 Å². The van der Waals surface area contributed by atoms with E-state index in [4.69, 9.17) is 4.74 Å². The van der Waals surface area contributed by atoms with Gasteiger partial charge in [0.25, 0.3) is 0 Å².